The minimum atomic E-state index is -0.472. The van der Waals surface area contributed by atoms with Gasteiger partial charge in [0.25, 0.3) is 0 Å². The van der Waals surface area contributed by atoms with Gasteiger partial charge in [-0.25, -0.2) is 0 Å². The number of benzene rings is 2. The van der Waals surface area contributed by atoms with E-state index in [1.165, 1.54) is 23.1 Å². The summed E-state index contributed by atoms with van der Waals surface area (Å²) in [6.07, 6.45) is 0. The summed E-state index contributed by atoms with van der Waals surface area (Å²) in [5.41, 5.74) is 7.19. The van der Waals surface area contributed by atoms with Crippen molar-refractivity contribution in [1.82, 2.24) is 10.2 Å². The molecule has 0 aliphatic rings. The molecule has 128 valence electrons. The van der Waals surface area contributed by atoms with Gasteiger partial charge in [0.15, 0.2) is 4.34 Å². The summed E-state index contributed by atoms with van der Waals surface area (Å²) in [6.45, 7) is 0. The van der Waals surface area contributed by atoms with Gasteiger partial charge in [-0.15, -0.1) is 10.2 Å². The Hall–Kier alpha value is -2.58. The highest BCUT2D eigenvalue weighted by Crippen LogP contribution is 2.38. The average Bonchev–Trinajstić information content (AvgIpc) is 3.05. The summed E-state index contributed by atoms with van der Waals surface area (Å²) in [4.78, 5) is 12.9. The number of nitrogen functional groups attached to an aromatic ring is 1. The van der Waals surface area contributed by atoms with Crippen molar-refractivity contribution in [2.45, 2.75) is 9.59 Å². The maximum atomic E-state index is 12.9. The maximum Gasteiger partial charge on any atom is 0.242 e. The fourth-order valence-electron chi connectivity index (χ4n) is 2.18. The number of hydrogen-bond donors (Lipinski definition) is 2. The lowest BCUT2D eigenvalue weighted by atomic mass is 10.1. The van der Waals surface area contributed by atoms with Gasteiger partial charge in [-0.1, -0.05) is 59.5 Å². The van der Waals surface area contributed by atoms with Crippen molar-refractivity contribution in [3.8, 4) is 5.75 Å². The third kappa shape index (κ3) is 4.49. The molecule has 0 saturated carbocycles. The van der Waals surface area contributed by atoms with Crippen LogP contribution >= 0.6 is 23.1 Å². The maximum absolute atomic E-state index is 12.9. The van der Waals surface area contributed by atoms with Crippen LogP contribution in [0.25, 0.3) is 0 Å². The Bertz CT molecular complexity index is 855. The second-order valence-electron chi connectivity index (χ2n) is 5.04. The molecule has 3 N–H and O–H groups in total. The van der Waals surface area contributed by atoms with E-state index in [1.54, 1.807) is 13.2 Å². The lowest BCUT2D eigenvalue weighted by Crippen LogP contribution is -2.19. The number of hydrogen-bond acceptors (Lipinski definition) is 7. The normalized spacial score (nSPS) is 11.7. The quantitative estimate of drug-likeness (QED) is 0.643. The van der Waals surface area contributed by atoms with E-state index in [-0.39, 0.29) is 5.91 Å². The van der Waals surface area contributed by atoms with Gasteiger partial charge in [-0.2, -0.15) is 0 Å². The Morgan fingerprint density at radius 1 is 1.20 bits per heavy atom. The van der Waals surface area contributed by atoms with E-state index < -0.39 is 5.25 Å². The molecule has 0 fully saturated rings. The molecule has 1 atom stereocenters. The van der Waals surface area contributed by atoms with Crippen LogP contribution in [0.3, 0.4) is 0 Å². The van der Waals surface area contributed by atoms with Crippen LogP contribution in [-0.4, -0.2) is 23.2 Å². The number of anilines is 2. The molecule has 3 aromatic rings. The molecule has 0 aliphatic carbocycles. The lowest BCUT2D eigenvalue weighted by molar-refractivity contribution is -0.115. The number of thioether (sulfide) groups is 1. The number of aromatic nitrogens is 2. The minimum Gasteiger partial charge on any atom is -0.497 e. The zero-order valence-electron chi connectivity index (χ0n) is 13.4. The fraction of sp³-hybridized carbons (Fsp3) is 0.118. The van der Waals surface area contributed by atoms with Gasteiger partial charge in [0.1, 0.15) is 11.0 Å². The summed E-state index contributed by atoms with van der Waals surface area (Å²) >= 11 is 2.58. The molecular weight excluding hydrogens is 356 g/mol. The zero-order chi connectivity index (χ0) is 17.6. The number of nitrogens with two attached hydrogens (primary N) is 1. The molecule has 0 spiro atoms. The zero-order valence-corrected chi connectivity index (χ0v) is 15.0. The number of amides is 1. The molecule has 8 heteroatoms. The molecule has 0 saturated heterocycles. The molecule has 0 aliphatic heterocycles. The van der Waals surface area contributed by atoms with Crippen LogP contribution in [0.5, 0.6) is 5.75 Å². The second kappa shape index (κ2) is 8.00. The SMILES string of the molecule is COc1cccc(NC(=O)[C@H](Sc2nnc(N)s2)c2ccccc2)c1. The second-order valence-corrected chi connectivity index (χ2v) is 7.40. The van der Waals surface area contributed by atoms with Gasteiger partial charge in [0.05, 0.1) is 7.11 Å². The summed E-state index contributed by atoms with van der Waals surface area (Å²) in [5, 5.41) is 10.6. The van der Waals surface area contributed by atoms with Crippen LogP contribution in [0.4, 0.5) is 10.8 Å². The standard InChI is InChI=1S/C17H16N4O2S2/c1-23-13-9-5-8-12(10-13)19-15(22)14(11-6-3-2-4-7-11)24-17-21-20-16(18)25-17/h2-10,14H,1H3,(H2,18,20)(H,19,22)/t14-/m1/s1. The van der Waals surface area contributed by atoms with Crippen LogP contribution in [0.1, 0.15) is 10.8 Å². The number of methoxy groups -OCH3 is 1. The highest BCUT2D eigenvalue weighted by Gasteiger charge is 2.24. The molecule has 2 aromatic carbocycles. The first kappa shape index (κ1) is 17.2. The van der Waals surface area contributed by atoms with Crippen molar-refractivity contribution in [1.29, 1.82) is 0 Å². The summed E-state index contributed by atoms with van der Waals surface area (Å²) in [7, 11) is 1.59. The van der Waals surface area contributed by atoms with Crippen molar-refractivity contribution in [2.24, 2.45) is 0 Å². The number of carbonyl (C=O) groups is 1. The highest BCUT2D eigenvalue weighted by atomic mass is 32.2. The molecule has 0 bridgehead atoms. The van der Waals surface area contributed by atoms with Crippen LogP contribution in [-0.2, 0) is 4.79 Å². The predicted molar refractivity (Wildman–Crippen MR) is 101 cm³/mol. The first-order chi connectivity index (χ1) is 12.2. The van der Waals surface area contributed by atoms with Gasteiger partial charge in [0, 0.05) is 11.8 Å². The van der Waals surface area contributed by atoms with Crippen molar-refractivity contribution in [3.05, 3.63) is 60.2 Å². The third-order valence-electron chi connectivity index (χ3n) is 3.32. The molecule has 25 heavy (non-hydrogen) atoms. The van der Waals surface area contributed by atoms with E-state index in [0.717, 1.165) is 5.56 Å². The molecular formula is C17H16N4O2S2. The fourth-order valence-corrected chi connectivity index (χ4v) is 4.01. The third-order valence-corrected chi connectivity index (χ3v) is 5.41. The molecule has 1 amide bonds. The molecule has 0 unspecified atom stereocenters. The summed E-state index contributed by atoms with van der Waals surface area (Å²) in [5.74, 6) is 0.525. The Morgan fingerprint density at radius 3 is 2.68 bits per heavy atom. The predicted octanol–water partition coefficient (Wildman–Crippen LogP) is 3.60. The van der Waals surface area contributed by atoms with E-state index in [2.05, 4.69) is 15.5 Å². The van der Waals surface area contributed by atoms with Crippen molar-refractivity contribution >= 4 is 39.8 Å². The minimum absolute atomic E-state index is 0.154. The average molecular weight is 372 g/mol. The largest absolute Gasteiger partial charge is 0.497 e. The summed E-state index contributed by atoms with van der Waals surface area (Å²) < 4.78 is 5.84. The Morgan fingerprint density at radius 2 is 2.00 bits per heavy atom. The monoisotopic (exact) mass is 372 g/mol. The number of nitrogens with one attached hydrogen (secondary N) is 1. The van der Waals surface area contributed by atoms with E-state index >= 15 is 0 Å². The van der Waals surface area contributed by atoms with Gasteiger partial charge in [0.2, 0.25) is 11.0 Å². The Kier molecular flexibility index (Phi) is 5.52. The first-order valence-electron chi connectivity index (χ1n) is 7.41. The van der Waals surface area contributed by atoms with Crippen molar-refractivity contribution in [3.63, 3.8) is 0 Å². The van der Waals surface area contributed by atoms with E-state index in [9.17, 15) is 4.79 Å². The molecule has 1 aromatic heterocycles. The molecule has 1 heterocycles. The van der Waals surface area contributed by atoms with Crippen LogP contribution in [0, 0.1) is 0 Å². The molecule has 3 rings (SSSR count). The van der Waals surface area contributed by atoms with Gasteiger partial charge in [-0.05, 0) is 17.7 Å². The van der Waals surface area contributed by atoms with Crippen LogP contribution in [0.2, 0.25) is 0 Å². The first-order valence-corrected chi connectivity index (χ1v) is 9.11. The number of nitrogens with zero attached hydrogens (tertiary/aromatic N) is 2. The number of ether oxygens (including phenoxy) is 1. The van der Waals surface area contributed by atoms with Gasteiger partial charge >= 0.3 is 0 Å². The van der Waals surface area contributed by atoms with Crippen molar-refractivity contribution < 1.29 is 9.53 Å². The molecule has 6 nitrogen and oxygen atoms in total. The molecule has 0 radical (unpaired) electrons. The van der Waals surface area contributed by atoms with E-state index in [0.29, 0.717) is 20.9 Å². The number of rotatable bonds is 6. The van der Waals surface area contributed by atoms with Crippen molar-refractivity contribution in [2.75, 3.05) is 18.2 Å². The van der Waals surface area contributed by atoms with Gasteiger partial charge < -0.3 is 15.8 Å². The lowest BCUT2D eigenvalue weighted by Gasteiger charge is -2.16. The smallest absolute Gasteiger partial charge is 0.242 e. The Balaban J connectivity index is 1.83. The van der Waals surface area contributed by atoms with Gasteiger partial charge in [-0.3, -0.25) is 4.79 Å². The van der Waals surface area contributed by atoms with Crippen LogP contribution < -0.4 is 15.8 Å². The highest BCUT2D eigenvalue weighted by molar-refractivity contribution is 8.02. The van der Waals surface area contributed by atoms with E-state index in [4.69, 9.17) is 10.5 Å². The van der Waals surface area contributed by atoms with E-state index in [1.807, 2.05) is 48.5 Å². The topological polar surface area (TPSA) is 90.1 Å². The Labute approximate surface area is 153 Å². The van der Waals surface area contributed by atoms with Crippen LogP contribution in [0.15, 0.2) is 58.9 Å². The number of carbonyl (C=O) groups excluding carboxylic acids is 1. The summed E-state index contributed by atoms with van der Waals surface area (Å²) in [6, 6.07) is 16.8.